The summed E-state index contributed by atoms with van der Waals surface area (Å²) in [5.74, 6) is 0.546. The number of carbonyl (C=O) groups is 1. The first kappa shape index (κ1) is 15.9. The van der Waals surface area contributed by atoms with Gasteiger partial charge in [-0.1, -0.05) is 0 Å². The first-order chi connectivity index (χ1) is 11.9. The Labute approximate surface area is 151 Å². The molecule has 5 fully saturated rings. The summed E-state index contributed by atoms with van der Waals surface area (Å²) in [5.41, 5.74) is 0.618. The lowest BCUT2D eigenvalue weighted by Crippen LogP contribution is -2.56. The van der Waals surface area contributed by atoms with Crippen LogP contribution in [0.1, 0.15) is 66.8 Å². The Bertz CT molecular complexity index is 729. The zero-order chi connectivity index (χ0) is 17.3. The number of hydrogen-bond acceptors (Lipinski definition) is 2. The van der Waals surface area contributed by atoms with E-state index in [0.29, 0.717) is 29.4 Å². The molecule has 5 aliphatic carbocycles. The Morgan fingerprint density at radius 3 is 2.44 bits per heavy atom. The number of hydrogen-bond donors (Lipinski definition) is 1. The number of ether oxygens (including phenoxy) is 1. The Morgan fingerprint density at radius 1 is 1.20 bits per heavy atom. The van der Waals surface area contributed by atoms with E-state index in [-0.39, 0.29) is 16.5 Å². The summed E-state index contributed by atoms with van der Waals surface area (Å²) in [5, 5.41) is 9.20. The number of halogens is 2. The van der Waals surface area contributed by atoms with Gasteiger partial charge in [0.1, 0.15) is 17.7 Å². The van der Waals surface area contributed by atoms with Gasteiger partial charge in [-0.3, -0.25) is 0 Å². The van der Waals surface area contributed by atoms with Crippen LogP contribution in [0, 0.1) is 23.6 Å². The molecule has 6 rings (SSSR count). The average Bonchev–Trinajstić information content (AvgIpc) is 3.33. The van der Waals surface area contributed by atoms with E-state index in [1.807, 2.05) is 0 Å². The predicted molar refractivity (Wildman–Crippen MR) is 91.9 cm³/mol. The molecule has 5 aliphatic rings. The van der Waals surface area contributed by atoms with E-state index in [4.69, 9.17) is 16.3 Å². The maximum atomic E-state index is 14.3. The van der Waals surface area contributed by atoms with Crippen LogP contribution >= 0.6 is 11.6 Å². The molecule has 0 saturated heterocycles. The molecule has 1 aromatic carbocycles. The topological polar surface area (TPSA) is 46.5 Å². The molecular weight excluding hydrogens is 343 g/mol. The van der Waals surface area contributed by atoms with E-state index in [9.17, 15) is 14.3 Å². The lowest BCUT2D eigenvalue weighted by molar-refractivity contribution is -0.0700. The number of alkyl halides is 1. The molecule has 3 nitrogen and oxygen atoms in total. The van der Waals surface area contributed by atoms with Crippen molar-refractivity contribution in [3.8, 4) is 5.75 Å². The van der Waals surface area contributed by atoms with Gasteiger partial charge in [0.05, 0.1) is 5.56 Å². The molecule has 0 heterocycles. The van der Waals surface area contributed by atoms with Gasteiger partial charge in [0.25, 0.3) is 0 Å². The molecular formula is C20H22ClFO3. The van der Waals surface area contributed by atoms with Crippen LogP contribution < -0.4 is 4.74 Å². The van der Waals surface area contributed by atoms with Gasteiger partial charge < -0.3 is 9.84 Å². The SMILES string of the molecule is O=C(O)c1cc(C2CC2)c(OC2[C@@H]3CC4C[C@H]2C[C@@](Cl)(C4)C3)cc1F. The molecule has 0 aromatic heterocycles. The van der Waals surface area contributed by atoms with Crippen molar-refractivity contribution in [3.05, 3.63) is 29.1 Å². The van der Waals surface area contributed by atoms with E-state index in [0.717, 1.165) is 50.5 Å². The molecule has 0 radical (unpaired) electrons. The quantitative estimate of drug-likeness (QED) is 0.767. The van der Waals surface area contributed by atoms with Crippen LogP contribution in [0.2, 0.25) is 0 Å². The third-order valence-electron chi connectivity index (χ3n) is 6.72. The second kappa shape index (κ2) is 5.35. The standard InChI is InChI=1S/C20H22ClFO3/c21-20-7-10-3-12(8-20)18(13(4-10)9-20)25-17-6-16(22)15(19(23)24)5-14(17)11-1-2-11/h5-6,10-13,18H,1-4,7-9H2,(H,23,24)/t10?,12-,13+,18?,20-. The third kappa shape index (κ3) is 2.64. The molecule has 5 saturated carbocycles. The van der Waals surface area contributed by atoms with Crippen LogP contribution in [0.5, 0.6) is 5.75 Å². The number of carboxylic acids is 1. The van der Waals surface area contributed by atoms with Crippen LogP contribution in [-0.2, 0) is 0 Å². The minimum atomic E-state index is -1.22. The van der Waals surface area contributed by atoms with E-state index >= 15 is 0 Å². The highest BCUT2D eigenvalue weighted by Gasteiger charge is 2.55. The van der Waals surface area contributed by atoms with Gasteiger partial charge in [-0.25, -0.2) is 9.18 Å². The van der Waals surface area contributed by atoms with Crippen molar-refractivity contribution in [1.29, 1.82) is 0 Å². The summed E-state index contributed by atoms with van der Waals surface area (Å²) < 4.78 is 20.6. The highest BCUT2D eigenvalue weighted by molar-refractivity contribution is 6.24. The fourth-order valence-corrected chi connectivity index (χ4v) is 6.38. The molecule has 5 heteroatoms. The van der Waals surface area contributed by atoms with Crippen molar-refractivity contribution in [2.75, 3.05) is 0 Å². The molecule has 25 heavy (non-hydrogen) atoms. The summed E-state index contributed by atoms with van der Waals surface area (Å²) in [7, 11) is 0. The van der Waals surface area contributed by atoms with Crippen LogP contribution in [0.15, 0.2) is 12.1 Å². The second-order valence-corrected chi connectivity index (χ2v) is 9.45. The normalized spacial score (nSPS) is 38.8. The molecule has 0 spiro atoms. The number of rotatable bonds is 4. The highest BCUT2D eigenvalue weighted by atomic mass is 35.5. The summed E-state index contributed by atoms with van der Waals surface area (Å²) in [6.07, 6.45) is 7.55. The van der Waals surface area contributed by atoms with E-state index in [1.54, 1.807) is 0 Å². The minimum absolute atomic E-state index is 0.0475. The van der Waals surface area contributed by atoms with Crippen LogP contribution in [0.3, 0.4) is 0 Å². The van der Waals surface area contributed by atoms with Crippen molar-refractivity contribution in [1.82, 2.24) is 0 Å². The molecule has 1 N–H and O–H groups in total. The molecule has 0 amide bonds. The molecule has 0 aliphatic heterocycles. The first-order valence-electron chi connectivity index (χ1n) is 9.34. The summed E-state index contributed by atoms with van der Waals surface area (Å²) in [4.78, 5) is 11.2. The van der Waals surface area contributed by atoms with Gasteiger partial charge in [0.2, 0.25) is 0 Å². The molecule has 1 aromatic rings. The van der Waals surface area contributed by atoms with Gasteiger partial charge in [0.15, 0.2) is 0 Å². The van der Waals surface area contributed by atoms with Gasteiger partial charge >= 0.3 is 5.97 Å². The van der Waals surface area contributed by atoms with Gasteiger partial charge in [-0.2, -0.15) is 0 Å². The van der Waals surface area contributed by atoms with Gasteiger partial charge in [-0.05, 0) is 80.2 Å². The molecule has 2 unspecified atom stereocenters. The van der Waals surface area contributed by atoms with Crippen LogP contribution in [0.4, 0.5) is 4.39 Å². The minimum Gasteiger partial charge on any atom is -0.489 e. The lowest BCUT2D eigenvalue weighted by Gasteiger charge is -2.57. The zero-order valence-corrected chi connectivity index (χ0v) is 14.8. The maximum absolute atomic E-state index is 14.3. The fraction of sp³-hybridized carbons (Fsp3) is 0.650. The van der Waals surface area contributed by atoms with Crippen LogP contribution in [0.25, 0.3) is 0 Å². The fourth-order valence-electron chi connectivity index (χ4n) is 5.77. The lowest BCUT2D eigenvalue weighted by atomic mass is 9.54. The van der Waals surface area contributed by atoms with Crippen molar-refractivity contribution in [3.63, 3.8) is 0 Å². The second-order valence-electron chi connectivity index (χ2n) is 8.65. The number of aromatic carboxylic acids is 1. The van der Waals surface area contributed by atoms with Gasteiger partial charge in [0, 0.05) is 10.9 Å². The van der Waals surface area contributed by atoms with Crippen molar-refractivity contribution >= 4 is 17.6 Å². The Morgan fingerprint density at radius 2 is 1.88 bits per heavy atom. The Hall–Kier alpha value is -1.29. The zero-order valence-electron chi connectivity index (χ0n) is 14.0. The smallest absolute Gasteiger partial charge is 0.338 e. The van der Waals surface area contributed by atoms with E-state index in [1.165, 1.54) is 12.1 Å². The molecule has 4 bridgehead atoms. The largest absolute Gasteiger partial charge is 0.489 e. The summed E-state index contributed by atoms with van der Waals surface area (Å²) in [6, 6.07) is 2.79. The maximum Gasteiger partial charge on any atom is 0.338 e. The predicted octanol–water partition coefficient (Wildman–Crippen LogP) is 4.97. The number of carboxylic acid groups (broad SMARTS) is 1. The van der Waals surface area contributed by atoms with Crippen LogP contribution in [-0.4, -0.2) is 22.1 Å². The van der Waals surface area contributed by atoms with E-state index in [2.05, 4.69) is 0 Å². The monoisotopic (exact) mass is 364 g/mol. The van der Waals surface area contributed by atoms with E-state index < -0.39 is 11.8 Å². The Kier molecular flexibility index (Phi) is 3.41. The van der Waals surface area contributed by atoms with Gasteiger partial charge in [-0.15, -0.1) is 11.6 Å². The average molecular weight is 365 g/mol. The van der Waals surface area contributed by atoms with Crippen molar-refractivity contribution in [2.45, 2.75) is 61.8 Å². The highest BCUT2D eigenvalue weighted by Crippen LogP contribution is 2.59. The van der Waals surface area contributed by atoms with Crippen molar-refractivity contribution in [2.24, 2.45) is 17.8 Å². The molecule has 134 valence electrons. The van der Waals surface area contributed by atoms with Crippen molar-refractivity contribution < 1.29 is 19.0 Å². The Balaban J connectivity index is 1.46. The summed E-state index contributed by atoms with van der Waals surface area (Å²) >= 11 is 6.79. The number of benzene rings is 1. The third-order valence-corrected chi connectivity index (χ3v) is 7.18. The molecule has 5 atom stereocenters. The first-order valence-corrected chi connectivity index (χ1v) is 9.72. The summed E-state index contributed by atoms with van der Waals surface area (Å²) in [6.45, 7) is 0.